The molecule has 0 aliphatic rings. The van der Waals surface area contributed by atoms with Crippen LogP contribution in [0.5, 0.6) is 0 Å². The van der Waals surface area contributed by atoms with Crippen LogP contribution in [0.1, 0.15) is 12.0 Å². The third-order valence-electron chi connectivity index (χ3n) is 2.81. The summed E-state index contributed by atoms with van der Waals surface area (Å²) >= 11 is 0. The van der Waals surface area contributed by atoms with Gasteiger partial charge in [0.2, 0.25) is 5.91 Å². The summed E-state index contributed by atoms with van der Waals surface area (Å²) in [5, 5.41) is 5.86. The molecule has 2 rings (SSSR count). The van der Waals surface area contributed by atoms with Gasteiger partial charge in [-0.3, -0.25) is 4.79 Å². The zero-order valence-electron chi connectivity index (χ0n) is 11.1. The van der Waals surface area contributed by atoms with E-state index >= 15 is 0 Å². The number of anilines is 1. The Kier molecular flexibility index (Phi) is 5.26. The third kappa shape index (κ3) is 4.82. The molecule has 20 heavy (non-hydrogen) atoms. The number of nitrogens with one attached hydrogen (secondary N) is 2. The van der Waals surface area contributed by atoms with Crippen LogP contribution in [0, 0.1) is 5.82 Å². The Balaban J connectivity index is 1.68. The Labute approximate surface area is 117 Å². The fraction of sp³-hybridized carbons (Fsp3) is 0.188. The molecule has 0 aromatic heterocycles. The minimum Gasteiger partial charge on any atom is -0.326 e. The highest BCUT2D eigenvalue weighted by atomic mass is 19.1. The summed E-state index contributed by atoms with van der Waals surface area (Å²) in [6.45, 7) is 1.31. The molecule has 0 heterocycles. The fourth-order valence-electron chi connectivity index (χ4n) is 1.82. The predicted molar refractivity (Wildman–Crippen MR) is 77.8 cm³/mol. The lowest BCUT2D eigenvalue weighted by Crippen LogP contribution is -2.21. The van der Waals surface area contributed by atoms with Gasteiger partial charge in [-0.2, -0.15) is 0 Å². The lowest BCUT2D eigenvalue weighted by molar-refractivity contribution is -0.116. The highest BCUT2D eigenvalue weighted by Gasteiger charge is 2.02. The van der Waals surface area contributed by atoms with Crippen LogP contribution < -0.4 is 10.6 Å². The van der Waals surface area contributed by atoms with Crippen LogP contribution in [0.3, 0.4) is 0 Å². The van der Waals surface area contributed by atoms with Crippen LogP contribution in [-0.4, -0.2) is 12.5 Å². The highest BCUT2D eigenvalue weighted by molar-refractivity contribution is 5.90. The Hall–Kier alpha value is -2.20. The topological polar surface area (TPSA) is 41.1 Å². The zero-order chi connectivity index (χ0) is 14.2. The van der Waals surface area contributed by atoms with Gasteiger partial charge in [-0.25, -0.2) is 4.39 Å². The quantitative estimate of drug-likeness (QED) is 0.794. The third-order valence-corrected chi connectivity index (χ3v) is 2.81. The van der Waals surface area contributed by atoms with E-state index in [1.807, 2.05) is 30.3 Å². The van der Waals surface area contributed by atoms with E-state index in [2.05, 4.69) is 10.6 Å². The number of benzene rings is 2. The lowest BCUT2D eigenvalue weighted by Gasteiger charge is -2.06. The van der Waals surface area contributed by atoms with Crippen molar-refractivity contribution in [1.29, 1.82) is 0 Å². The molecule has 104 valence electrons. The zero-order valence-corrected chi connectivity index (χ0v) is 11.1. The van der Waals surface area contributed by atoms with Crippen LogP contribution in [0.2, 0.25) is 0 Å². The van der Waals surface area contributed by atoms with Crippen LogP contribution in [0.15, 0.2) is 54.6 Å². The summed E-state index contributed by atoms with van der Waals surface area (Å²) < 4.78 is 12.9. The molecule has 0 radical (unpaired) electrons. The number of rotatable bonds is 6. The van der Waals surface area contributed by atoms with E-state index in [9.17, 15) is 9.18 Å². The first-order valence-electron chi connectivity index (χ1n) is 6.54. The van der Waals surface area contributed by atoms with Gasteiger partial charge in [0.15, 0.2) is 0 Å². The second kappa shape index (κ2) is 7.40. The van der Waals surface area contributed by atoms with Crippen molar-refractivity contribution in [3.8, 4) is 0 Å². The average Bonchev–Trinajstić information content (AvgIpc) is 2.45. The van der Waals surface area contributed by atoms with Crippen molar-refractivity contribution in [2.45, 2.75) is 13.0 Å². The van der Waals surface area contributed by atoms with Crippen LogP contribution in [0.4, 0.5) is 10.1 Å². The molecule has 0 atom stereocenters. The van der Waals surface area contributed by atoms with E-state index in [-0.39, 0.29) is 11.7 Å². The first-order chi connectivity index (χ1) is 9.74. The number of halogens is 1. The van der Waals surface area contributed by atoms with E-state index in [1.165, 1.54) is 17.7 Å². The molecule has 2 aromatic rings. The van der Waals surface area contributed by atoms with Gasteiger partial charge in [0.05, 0.1) is 0 Å². The monoisotopic (exact) mass is 272 g/mol. The molecule has 3 nitrogen and oxygen atoms in total. The van der Waals surface area contributed by atoms with Crippen molar-refractivity contribution < 1.29 is 9.18 Å². The summed E-state index contributed by atoms with van der Waals surface area (Å²) in [5.41, 5.74) is 1.66. The number of hydrogen-bond acceptors (Lipinski definition) is 2. The first kappa shape index (κ1) is 14.2. The van der Waals surface area contributed by atoms with Crippen molar-refractivity contribution in [1.82, 2.24) is 5.32 Å². The summed E-state index contributed by atoms with van der Waals surface area (Å²) in [6, 6.07) is 15.9. The standard InChI is InChI=1S/C16H17FN2O/c17-14-7-4-8-15(11-14)19-16(20)9-10-18-12-13-5-2-1-3-6-13/h1-8,11,18H,9-10,12H2,(H,19,20). The lowest BCUT2D eigenvalue weighted by atomic mass is 10.2. The van der Waals surface area contributed by atoms with Crippen molar-refractivity contribution >= 4 is 11.6 Å². The molecule has 0 aliphatic heterocycles. The summed E-state index contributed by atoms with van der Waals surface area (Å²) in [7, 11) is 0. The second-order valence-electron chi connectivity index (χ2n) is 4.47. The highest BCUT2D eigenvalue weighted by Crippen LogP contribution is 2.09. The Morgan fingerprint density at radius 3 is 2.60 bits per heavy atom. The normalized spacial score (nSPS) is 10.2. The van der Waals surface area contributed by atoms with E-state index in [4.69, 9.17) is 0 Å². The van der Waals surface area contributed by atoms with Crippen LogP contribution >= 0.6 is 0 Å². The SMILES string of the molecule is O=C(CCNCc1ccccc1)Nc1cccc(F)c1. The summed E-state index contributed by atoms with van der Waals surface area (Å²) in [4.78, 5) is 11.7. The smallest absolute Gasteiger partial charge is 0.225 e. The minimum atomic E-state index is -0.356. The molecule has 2 aromatic carbocycles. The van der Waals surface area contributed by atoms with E-state index in [1.54, 1.807) is 12.1 Å². The van der Waals surface area contributed by atoms with Crippen LogP contribution in [-0.2, 0) is 11.3 Å². The maximum absolute atomic E-state index is 12.9. The van der Waals surface area contributed by atoms with Gasteiger partial charge in [0.1, 0.15) is 5.82 Å². The first-order valence-corrected chi connectivity index (χ1v) is 6.54. The molecular weight excluding hydrogens is 255 g/mol. The maximum Gasteiger partial charge on any atom is 0.225 e. The molecule has 0 bridgehead atoms. The van der Waals surface area contributed by atoms with Gasteiger partial charge in [0.25, 0.3) is 0 Å². The van der Waals surface area contributed by atoms with E-state index < -0.39 is 0 Å². The van der Waals surface area contributed by atoms with Gasteiger partial charge >= 0.3 is 0 Å². The number of amides is 1. The number of hydrogen-bond donors (Lipinski definition) is 2. The molecule has 0 fully saturated rings. The predicted octanol–water partition coefficient (Wildman–Crippen LogP) is 2.94. The number of carbonyl (C=O) groups is 1. The average molecular weight is 272 g/mol. The van der Waals surface area contributed by atoms with Gasteiger partial charge in [-0.05, 0) is 23.8 Å². The molecule has 1 amide bonds. The maximum atomic E-state index is 12.9. The largest absolute Gasteiger partial charge is 0.326 e. The Morgan fingerprint density at radius 1 is 1.05 bits per heavy atom. The van der Waals surface area contributed by atoms with Crippen molar-refractivity contribution in [2.75, 3.05) is 11.9 Å². The molecule has 0 unspecified atom stereocenters. The summed E-state index contributed by atoms with van der Waals surface area (Å²) in [5.74, 6) is -0.485. The van der Waals surface area contributed by atoms with Gasteiger partial charge in [-0.1, -0.05) is 36.4 Å². The molecule has 0 spiro atoms. The second-order valence-corrected chi connectivity index (χ2v) is 4.47. The summed E-state index contributed by atoms with van der Waals surface area (Å²) in [6.07, 6.45) is 0.351. The van der Waals surface area contributed by atoms with Crippen molar-refractivity contribution in [2.24, 2.45) is 0 Å². The molecule has 4 heteroatoms. The molecule has 0 aliphatic carbocycles. The van der Waals surface area contributed by atoms with Crippen molar-refractivity contribution in [3.63, 3.8) is 0 Å². The van der Waals surface area contributed by atoms with E-state index in [0.29, 0.717) is 18.7 Å². The van der Waals surface area contributed by atoms with Crippen molar-refractivity contribution in [3.05, 3.63) is 66.0 Å². The molecule has 0 saturated carbocycles. The molecule has 0 saturated heterocycles. The Bertz CT molecular complexity index is 557. The van der Waals surface area contributed by atoms with Gasteiger partial charge < -0.3 is 10.6 Å². The number of carbonyl (C=O) groups excluding carboxylic acids is 1. The van der Waals surface area contributed by atoms with Gasteiger partial charge in [-0.15, -0.1) is 0 Å². The van der Waals surface area contributed by atoms with E-state index in [0.717, 1.165) is 6.54 Å². The van der Waals surface area contributed by atoms with Gasteiger partial charge in [0, 0.05) is 25.2 Å². The molecule has 2 N–H and O–H groups in total. The Morgan fingerprint density at radius 2 is 1.85 bits per heavy atom. The fourth-order valence-corrected chi connectivity index (χ4v) is 1.82. The minimum absolute atomic E-state index is 0.129. The molecular formula is C16H17FN2O. The van der Waals surface area contributed by atoms with Crippen LogP contribution in [0.25, 0.3) is 0 Å².